The highest BCUT2D eigenvalue weighted by molar-refractivity contribution is 5.95. The summed E-state index contributed by atoms with van der Waals surface area (Å²) in [7, 11) is 0. The minimum atomic E-state index is -5.43. The van der Waals surface area contributed by atoms with Crippen molar-refractivity contribution in [1.29, 1.82) is 0 Å². The van der Waals surface area contributed by atoms with Crippen molar-refractivity contribution in [2.75, 3.05) is 5.32 Å². The number of pyridine rings is 1. The molecule has 0 saturated carbocycles. The smallest absolute Gasteiger partial charge is 0.422 e. The maximum Gasteiger partial charge on any atom is 0.422 e. The summed E-state index contributed by atoms with van der Waals surface area (Å²) < 4.78 is 91.7. The van der Waals surface area contributed by atoms with Crippen LogP contribution in [-0.2, 0) is 6.18 Å². The Morgan fingerprint density at radius 3 is 2.21 bits per heavy atom. The number of halogens is 7. The number of aromatic nitrogens is 1. The zero-order chi connectivity index (χ0) is 18.2. The largest absolute Gasteiger partial charge is 0.478 e. The van der Waals surface area contributed by atoms with Crippen molar-refractivity contribution < 1.29 is 40.6 Å². The summed E-state index contributed by atoms with van der Waals surface area (Å²) >= 11 is 0. The summed E-state index contributed by atoms with van der Waals surface area (Å²) in [5, 5.41) is 10.5. The van der Waals surface area contributed by atoms with Gasteiger partial charge in [0.25, 0.3) is 0 Å². The van der Waals surface area contributed by atoms with Crippen LogP contribution in [0.25, 0.3) is 0 Å². The minimum Gasteiger partial charge on any atom is -0.478 e. The molecule has 0 radical (unpaired) electrons. The molecule has 0 unspecified atom stereocenters. The number of nitrogens with zero attached hydrogens (tertiary/aromatic N) is 1. The van der Waals surface area contributed by atoms with Crippen LogP contribution < -0.4 is 5.32 Å². The second-order valence-corrected chi connectivity index (χ2v) is 4.36. The van der Waals surface area contributed by atoms with Gasteiger partial charge < -0.3 is 10.4 Å². The summed E-state index contributed by atoms with van der Waals surface area (Å²) in [6.07, 6.45) is -5.42. The minimum absolute atomic E-state index is 0.00583. The van der Waals surface area contributed by atoms with Crippen molar-refractivity contribution in [2.45, 2.75) is 6.18 Å². The molecule has 2 rings (SSSR count). The number of alkyl halides is 3. The third-order valence-corrected chi connectivity index (χ3v) is 2.83. The van der Waals surface area contributed by atoms with Gasteiger partial charge in [-0.25, -0.2) is 27.3 Å². The highest BCUT2D eigenvalue weighted by Gasteiger charge is 2.39. The predicted octanol–water partition coefficient (Wildman–Crippen LogP) is 4.10. The molecule has 2 N–H and O–H groups in total. The Kier molecular flexibility index (Phi) is 4.36. The first-order valence-electron chi connectivity index (χ1n) is 5.93. The van der Waals surface area contributed by atoms with Crippen LogP contribution in [0.1, 0.15) is 15.9 Å². The van der Waals surface area contributed by atoms with Gasteiger partial charge in [0.15, 0.2) is 29.1 Å². The molecule has 1 heterocycles. The first-order valence-corrected chi connectivity index (χ1v) is 5.93. The maximum absolute atomic E-state index is 13.8. The van der Waals surface area contributed by atoms with Gasteiger partial charge in [-0.1, -0.05) is 0 Å². The highest BCUT2D eigenvalue weighted by Crippen LogP contribution is 2.36. The van der Waals surface area contributed by atoms with Crippen LogP contribution in [0.3, 0.4) is 0 Å². The molecule has 0 atom stereocenters. The second kappa shape index (κ2) is 5.98. The monoisotopic (exact) mass is 354 g/mol. The van der Waals surface area contributed by atoms with Crippen LogP contribution >= 0.6 is 0 Å². The first kappa shape index (κ1) is 17.5. The van der Waals surface area contributed by atoms with E-state index in [1.165, 1.54) is 0 Å². The summed E-state index contributed by atoms with van der Waals surface area (Å²) in [6.45, 7) is 0. The zero-order valence-corrected chi connectivity index (χ0v) is 11.2. The molecule has 0 amide bonds. The average Bonchev–Trinajstić information content (AvgIpc) is 2.44. The molecular weight excluding hydrogens is 349 g/mol. The molecule has 0 saturated heterocycles. The van der Waals surface area contributed by atoms with E-state index in [9.17, 15) is 35.5 Å². The van der Waals surface area contributed by atoms with Crippen LogP contribution in [0.15, 0.2) is 18.3 Å². The number of rotatable bonds is 3. The quantitative estimate of drug-likeness (QED) is 0.815. The molecule has 0 fully saturated rings. The number of benzene rings is 1. The molecule has 0 spiro atoms. The molecule has 128 valence electrons. The summed E-state index contributed by atoms with van der Waals surface area (Å²) in [5.41, 5.74) is -4.37. The van der Waals surface area contributed by atoms with Crippen molar-refractivity contribution in [2.24, 2.45) is 0 Å². The van der Waals surface area contributed by atoms with Crippen LogP contribution in [0, 0.1) is 23.3 Å². The van der Waals surface area contributed by atoms with E-state index in [1.54, 1.807) is 5.32 Å². The number of anilines is 2. The van der Waals surface area contributed by atoms with Gasteiger partial charge in [0.1, 0.15) is 5.56 Å². The molecule has 1 aromatic carbocycles. The number of nitrogens with one attached hydrogen (secondary N) is 1. The summed E-state index contributed by atoms with van der Waals surface area (Å²) in [5.74, 6) is -10.7. The van der Waals surface area contributed by atoms with E-state index in [4.69, 9.17) is 5.11 Å². The highest BCUT2D eigenvalue weighted by atomic mass is 19.4. The van der Waals surface area contributed by atoms with Crippen molar-refractivity contribution >= 4 is 17.5 Å². The molecule has 4 nitrogen and oxygen atoms in total. The fourth-order valence-corrected chi connectivity index (χ4v) is 1.78. The Morgan fingerprint density at radius 2 is 1.67 bits per heavy atom. The molecule has 11 heteroatoms. The molecule has 0 bridgehead atoms. The van der Waals surface area contributed by atoms with E-state index in [2.05, 4.69) is 4.98 Å². The van der Waals surface area contributed by atoms with Crippen LogP contribution in [0.4, 0.5) is 42.2 Å². The Labute approximate surface area is 128 Å². The lowest BCUT2D eigenvalue weighted by Crippen LogP contribution is -2.15. The van der Waals surface area contributed by atoms with Crippen molar-refractivity contribution in [3.8, 4) is 0 Å². The van der Waals surface area contributed by atoms with Gasteiger partial charge in [-0.05, 0) is 12.1 Å². The second-order valence-electron chi connectivity index (χ2n) is 4.36. The third-order valence-electron chi connectivity index (χ3n) is 2.83. The normalized spacial score (nSPS) is 11.5. The molecule has 2 aromatic rings. The van der Waals surface area contributed by atoms with Crippen molar-refractivity contribution in [3.05, 3.63) is 52.7 Å². The number of aromatic carboxylic acids is 1. The lowest BCUT2D eigenvalue weighted by Gasteiger charge is -2.14. The molecule has 1 aromatic heterocycles. The predicted molar refractivity (Wildman–Crippen MR) is 65.8 cm³/mol. The van der Waals surface area contributed by atoms with Crippen LogP contribution in [-0.4, -0.2) is 16.1 Å². The van der Waals surface area contributed by atoms with Gasteiger partial charge in [-0.15, -0.1) is 0 Å². The summed E-state index contributed by atoms with van der Waals surface area (Å²) in [4.78, 5) is 13.9. The van der Waals surface area contributed by atoms with E-state index in [0.717, 1.165) is 0 Å². The van der Waals surface area contributed by atoms with E-state index in [1.807, 2.05) is 0 Å². The average molecular weight is 354 g/mol. The molecule has 0 aliphatic rings. The molecule has 0 aliphatic heterocycles. The van der Waals surface area contributed by atoms with Crippen molar-refractivity contribution in [3.63, 3.8) is 0 Å². The molecule has 0 aliphatic carbocycles. The number of hydrogen-bond donors (Lipinski definition) is 2. The Hall–Kier alpha value is -2.85. The van der Waals surface area contributed by atoms with Crippen LogP contribution in [0.5, 0.6) is 0 Å². The van der Waals surface area contributed by atoms with E-state index in [0.29, 0.717) is 12.1 Å². The van der Waals surface area contributed by atoms with E-state index in [-0.39, 0.29) is 6.20 Å². The van der Waals surface area contributed by atoms with Gasteiger partial charge in [0.05, 0.1) is 17.4 Å². The van der Waals surface area contributed by atoms with Gasteiger partial charge in [0, 0.05) is 0 Å². The maximum atomic E-state index is 13.8. The SMILES string of the molecule is O=C(O)c1ccc(F)c(F)c1Nc1ncc(F)c(C(F)(F)F)c1F. The van der Waals surface area contributed by atoms with Crippen LogP contribution in [0.2, 0.25) is 0 Å². The van der Waals surface area contributed by atoms with Gasteiger partial charge in [0.2, 0.25) is 0 Å². The Morgan fingerprint density at radius 1 is 1.04 bits per heavy atom. The van der Waals surface area contributed by atoms with E-state index < -0.39 is 58.0 Å². The lowest BCUT2D eigenvalue weighted by molar-refractivity contribution is -0.142. The number of carbonyl (C=O) groups is 1. The number of hydrogen-bond acceptors (Lipinski definition) is 3. The van der Waals surface area contributed by atoms with Crippen molar-refractivity contribution in [1.82, 2.24) is 4.98 Å². The summed E-state index contributed by atoms with van der Waals surface area (Å²) in [6, 6.07) is 1.06. The fraction of sp³-hybridized carbons (Fsp3) is 0.0769. The zero-order valence-electron chi connectivity index (χ0n) is 11.2. The molecular formula is C13H5F7N2O2. The standard InChI is InChI=1S/C13H5F7N2O2/c14-5-2-1-4(12(23)24)10(8(5)16)22-11-9(17)7(13(18,19)20)6(15)3-21-11/h1-3H,(H,21,22)(H,23,24). The Bertz CT molecular complexity index is 821. The topological polar surface area (TPSA) is 62.2 Å². The lowest BCUT2D eigenvalue weighted by atomic mass is 10.1. The first-order chi connectivity index (χ1) is 11.0. The van der Waals surface area contributed by atoms with Gasteiger partial charge in [-0.2, -0.15) is 13.2 Å². The fourth-order valence-electron chi connectivity index (χ4n) is 1.78. The van der Waals surface area contributed by atoms with E-state index >= 15 is 0 Å². The Balaban J connectivity index is 2.62. The third kappa shape index (κ3) is 3.09. The van der Waals surface area contributed by atoms with Gasteiger partial charge in [-0.3, -0.25) is 0 Å². The number of carboxylic acid groups (broad SMARTS) is 1. The molecule has 24 heavy (non-hydrogen) atoms. The number of carboxylic acids is 1. The van der Waals surface area contributed by atoms with Gasteiger partial charge >= 0.3 is 12.1 Å².